The van der Waals surface area contributed by atoms with Gasteiger partial charge in [0.25, 0.3) is 5.89 Å². The van der Waals surface area contributed by atoms with Crippen molar-refractivity contribution in [2.75, 3.05) is 33.4 Å². The van der Waals surface area contributed by atoms with Gasteiger partial charge in [-0.3, -0.25) is 4.79 Å². The van der Waals surface area contributed by atoms with Crippen molar-refractivity contribution >= 4 is 5.91 Å². The third-order valence-corrected chi connectivity index (χ3v) is 4.49. The van der Waals surface area contributed by atoms with Crippen molar-refractivity contribution in [3.8, 4) is 0 Å². The molecule has 7 nitrogen and oxygen atoms in total. The van der Waals surface area contributed by atoms with E-state index in [-0.39, 0.29) is 18.4 Å². The smallest absolute Gasteiger partial charge is 0.252 e. The van der Waals surface area contributed by atoms with E-state index in [1.165, 1.54) is 5.56 Å². The lowest BCUT2D eigenvalue weighted by atomic mass is 10.1. The number of amides is 1. The first-order valence-electron chi connectivity index (χ1n) is 8.88. The monoisotopic (exact) mass is 359 g/mol. The maximum atomic E-state index is 12.5. The Kier molecular flexibility index (Phi) is 6.35. The van der Waals surface area contributed by atoms with E-state index in [9.17, 15) is 4.79 Å². The van der Waals surface area contributed by atoms with Crippen LogP contribution in [0.2, 0.25) is 0 Å². The molecule has 0 bridgehead atoms. The normalized spacial score (nSPS) is 17.0. The minimum Gasteiger partial charge on any atom is -0.382 e. The molecule has 1 aromatic carbocycles. The average Bonchev–Trinajstić information content (AvgIpc) is 3.28. The molecule has 1 saturated heterocycles. The van der Waals surface area contributed by atoms with E-state index in [1.54, 1.807) is 7.11 Å². The van der Waals surface area contributed by atoms with Crippen molar-refractivity contribution in [1.29, 1.82) is 0 Å². The van der Waals surface area contributed by atoms with Gasteiger partial charge in [0.2, 0.25) is 5.91 Å². The van der Waals surface area contributed by atoms with Crippen LogP contribution in [0.25, 0.3) is 0 Å². The summed E-state index contributed by atoms with van der Waals surface area (Å²) in [5.41, 5.74) is 2.22. The number of nitrogens with zero attached hydrogens (tertiary/aromatic N) is 3. The zero-order valence-corrected chi connectivity index (χ0v) is 15.3. The van der Waals surface area contributed by atoms with Crippen molar-refractivity contribution in [2.24, 2.45) is 0 Å². The van der Waals surface area contributed by atoms with E-state index in [0.717, 1.165) is 18.5 Å². The summed E-state index contributed by atoms with van der Waals surface area (Å²) in [5.74, 6) is 1.37. The maximum absolute atomic E-state index is 12.5. The molecule has 7 heteroatoms. The lowest BCUT2D eigenvalue weighted by Gasteiger charge is -2.16. The number of likely N-dealkylation sites (tertiary alicyclic amines) is 1. The summed E-state index contributed by atoms with van der Waals surface area (Å²) in [5, 5.41) is 4.05. The number of benzene rings is 1. The highest BCUT2D eigenvalue weighted by Crippen LogP contribution is 2.25. The molecule has 0 aliphatic carbocycles. The van der Waals surface area contributed by atoms with E-state index in [1.807, 2.05) is 30.0 Å². The zero-order valence-electron chi connectivity index (χ0n) is 15.3. The second kappa shape index (κ2) is 8.91. The first-order valence-corrected chi connectivity index (χ1v) is 8.88. The second-order valence-corrected chi connectivity index (χ2v) is 6.58. The standard InChI is InChI=1S/C19H25N3O4/c1-14-4-3-5-15(10-14)11-18(23)22-7-6-16(12-22)19-20-17(26-21-19)13-25-9-8-24-2/h3-5,10,16H,6-9,11-13H2,1-2H3. The highest BCUT2D eigenvalue weighted by Gasteiger charge is 2.30. The lowest BCUT2D eigenvalue weighted by Crippen LogP contribution is -2.30. The van der Waals surface area contributed by atoms with Gasteiger partial charge in [-0.05, 0) is 18.9 Å². The van der Waals surface area contributed by atoms with Gasteiger partial charge in [0.15, 0.2) is 5.82 Å². The minimum atomic E-state index is 0.118. The topological polar surface area (TPSA) is 77.7 Å². The molecule has 1 aliphatic rings. The molecule has 1 atom stereocenters. The highest BCUT2D eigenvalue weighted by atomic mass is 16.5. The molecule has 26 heavy (non-hydrogen) atoms. The number of carbonyl (C=O) groups excluding carboxylic acids is 1. The van der Waals surface area contributed by atoms with Gasteiger partial charge >= 0.3 is 0 Å². The Labute approximate surface area is 153 Å². The summed E-state index contributed by atoms with van der Waals surface area (Å²) in [7, 11) is 1.63. The number of ether oxygens (including phenoxy) is 2. The van der Waals surface area contributed by atoms with Gasteiger partial charge in [-0.15, -0.1) is 0 Å². The van der Waals surface area contributed by atoms with E-state index in [0.29, 0.717) is 37.9 Å². The third kappa shape index (κ3) is 4.89. The minimum absolute atomic E-state index is 0.118. The molecule has 0 N–H and O–H groups in total. The summed E-state index contributed by atoms with van der Waals surface area (Å²) in [6.07, 6.45) is 1.28. The first kappa shape index (κ1) is 18.5. The van der Waals surface area contributed by atoms with Crippen LogP contribution >= 0.6 is 0 Å². The van der Waals surface area contributed by atoms with Crippen molar-refractivity contribution in [1.82, 2.24) is 15.0 Å². The first-order chi connectivity index (χ1) is 12.7. The van der Waals surface area contributed by atoms with E-state index in [4.69, 9.17) is 14.0 Å². The van der Waals surface area contributed by atoms with Crippen LogP contribution in [0.5, 0.6) is 0 Å². The molecule has 0 saturated carbocycles. The second-order valence-electron chi connectivity index (χ2n) is 6.58. The summed E-state index contributed by atoms with van der Waals surface area (Å²) in [6.45, 7) is 4.68. The molecule has 3 rings (SSSR count). The van der Waals surface area contributed by atoms with Crippen molar-refractivity contribution in [3.05, 3.63) is 47.1 Å². The average molecular weight is 359 g/mol. The molecule has 140 valence electrons. The van der Waals surface area contributed by atoms with Gasteiger partial charge in [-0.25, -0.2) is 0 Å². The zero-order chi connectivity index (χ0) is 18.4. The fourth-order valence-electron chi connectivity index (χ4n) is 3.10. The Morgan fingerprint density at radius 1 is 1.38 bits per heavy atom. The number of rotatable bonds is 8. The van der Waals surface area contributed by atoms with Gasteiger partial charge in [0.1, 0.15) is 6.61 Å². The van der Waals surface area contributed by atoms with Crippen LogP contribution in [0.3, 0.4) is 0 Å². The molecule has 2 aromatic rings. The molecule has 2 heterocycles. The van der Waals surface area contributed by atoms with Gasteiger partial charge in [0, 0.05) is 26.1 Å². The largest absolute Gasteiger partial charge is 0.382 e. The SMILES string of the molecule is COCCOCc1nc(C2CCN(C(=O)Cc3cccc(C)c3)C2)no1. The Bertz CT molecular complexity index is 731. The number of carbonyl (C=O) groups is 1. The van der Waals surface area contributed by atoms with Gasteiger partial charge in [-0.1, -0.05) is 35.0 Å². The van der Waals surface area contributed by atoms with Gasteiger partial charge in [0.05, 0.1) is 19.6 Å². The third-order valence-electron chi connectivity index (χ3n) is 4.49. The Balaban J connectivity index is 1.50. The van der Waals surface area contributed by atoms with Crippen LogP contribution in [0.1, 0.15) is 35.2 Å². The van der Waals surface area contributed by atoms with E-state index >= 15 is 0 Å². The Morgan fingerprint density at radius 3 is 3.08 bits per heavy atom. The predicted molar refractivity (Wildman–Crippen MR) is 94.7 cm³/mol. The van der Waals surface area contributed by atoms with Crippen molar-refractivity contribution in [2.45, 2.75) is 32.3 Å². The summed E-state index contributed by atoms with van der Waals surface area (Å²) < 4.78 is 15.5. The molecule has 1 unspecified atom stereocenters. The fraction of sp³-hybridized carbons (Fsp3) is 0.526. The van der Waals surface area contributed by atoms with Crippen LogP contribution in [0.4, 0.5) is 0 Å². The van der Waals surface area contributed by atoms with Gasteiger partial charge in [-0.2, -0.15) is 4.98 Å². The van der Waals surface area contributed by atoms with Crippen LogP contribution in [0.15, 0.2) is 28.8 Å². The van der Waals surface area contributed by atoms with E-state index < -0.39 is 0 Å². The maximum Gasteiger partial charge on any atom is 0.252 e. The summed E-state index contributed by atoms with van der Waals surface area (Å²) >= 11 is 0. The van der Waals surface area contributed by atoms with Crippen LogP contribution < -0.4 is 0 Å². The molecular formula is C19H25N3O4. The molecule has 1 fully saturated rings. The molecular weight excluding hydrogens is 334 g/mol. The highest BCUT2D eigenvalue weighted by molar-refractivity contribution is 5.79. The van der Waals surface area contributed by atoms with Crippen molar-refractivity contribution in [3.63, 3.8) is 0 Å². The quantitative estimate of drug-likeness (QED) is 0.672. The summed E-state index contributed by atoms with van der Waals surface area (Å²) in [4.78, 5) is 18.8. The molecule has 1 aliphatic heterocycles. The van der Waals surface area contributed by atoms with Crippen LogP contribution in [-0.2, 0) is 27.3 Å². The molecule has 0 radical (unpaired) electrons. The predicted octanol–water partition coefficient (Wildman–Crippen LogP) is 2.10. The lowest BCUT2D eigenvalue weighted by molar-refractivity contribution is -0.129. The number of hydrogen-bond donors (Lipinski definition) is 0. The van der Waals surface area contributed by atoms with Crippen molar-refractivity contribution < 1.29 is 18.8 Å². The van der Waals surface area contributed by atoms with Gasteiger partial charge < -0.3 is 18.9 Å². The Morgan fingerprint density at radius 2 is 2.27 bits per heavy atom. The number of methoxy groups -OCH3 is 1. The number of aryl methyl sites for hydroxylation is 1. The number of hydrogen-bond acceptors (Lipinski definition) is 6. The molecule has 0 spiro atoms. The summed E-state index contributed by atoms with van der Waals surface area (Å²) in [6, 6.07) is 8.07. The van der Waals surface area contributed by atoms with Crippen LogP contribution in [-0.4, -0.2) is 54.4 Å². The van der Waals surface area contributed by atoms with Crippen LogP contribution in [0, 0.1) is 6.92 Å². The molecule has 1 amide bonds. The fourth-order valence-corrected chi connectivity index (χ4v) is 3.10. The Hall–Kier alpha value is -2.25. The number of aromatic nitrogens is 2. The molecule has 1 aromatic heterocycles. The van der Waals surface area contributed by atoms with E-state index in [2.05, 4.69) is 16.2 Å².